The van der Waals surface area contributed by atoms with Gasteiger partial charge in [-0.15, -0.1) is 0 Å². The van der Waals surface area contributed by atoms with Crippen LogP contribution in [0.15, 0.2) is 12.2 Å². The first kappa shape index (κ1) is 9.77. The van der Waals surface area contributed by atoms with Crippen LogP contribution in [0.5, 0.6) is 0 Å². The molecule has 0 aromatic carbocycles. The minimum atomic E-state index is -0.494. The lowest BCUT2D eigenvalue weighted by Gasteiger charge is -2.12. The summed E-state index contributed by atoms with van der Waals surface area (Å²) < 4.78 is 9.72. The van der Waals surface area contributed by atoms with Gasteiger partial charge in [0.2, 0.25) is 0 Å². The molecule has 0 aliphatic carbocycles. The number of hydrogen-bond donors (Lipinski definition) is 0. The average Bonchev–Trinajstić information content (AvgIpc) is 2.08. The second-order valence-corrected chi connectivity index (χ2v) is 2.89. The third-order valence-corrected chi connectivity index (χ3v) is 1.67. The van der Waals surface area contributed by atoms with Crippen molar-refractivity contribution in [1.82, 2.24) is 0 Å². The van der Waals surface area contributed by atoms with Crippen LogP contribution >= 0.6 is 0 Å². The number of rotatable bonds is 0. The van der Waals surface area contributed by atoms with Crippen LogP contribution in [0.3, 0.4) is 0 Å². The van der Waals surface area contributed by atoms with Crippen LogP contribution in [0.2, 0.25) is 0 Å². The van der Waals surface area contributed by atoms with Crippen LogP contribution < -0.4 is 0 Å². The van der Waals surface area contributed by atoms with Crippen molar-refractivity contribution in [3.8, 4) is 0 Å². The van der Waals surface area contributed by atoms with Crippen LogP contribution in [-0.4, -0.2) is 24.6 Å². The maximum Gasteiger partial charge on any atom is 0.331 e. The Morgan fingerprint density at radius 1 is 1.31 bits per heavy atom. The highest BCUT2D eigenvalue weighted by Crippen LogP contribution is 2.04. The molecule has 72 valence electrons. The molecule has 0 saturated carbocycles. The first-order chi connectivity index (χ1) is 6.18. The van der Waals surface area contributed by atoms with Gasteiger partial charge in [0.25, 0.3) is 0 Å². The van der Waals surface area contributed by atoms with E-state index in [4.69, 9.17) is 9.47 Å². The Labute approximate surface area is 76.5 Å². The molecule has 0 amide bonds. The summed E-state index contributed by atoms with van der Waals surface area (Å²) in [5.41, 5.74) is 0. The second-order valence-electron chi connectivity index (χ2n) is 2.89. The number of carbonyl (C=O) groups is 2. The third kappa shape index (κ3) is 3.73. The molecule has 1 atom stereocenters. The van der Waals surface area contributed by atoms with E-state index in [1.807, 2.05) is 6.92 Å². The summed E-state index contributed by atoms with van der Waals surface area (Å²) in [7, 11) is 0. The molecule has 13 heavy (non-hydrogen) atoms. The molecule has 4 heteroatoms. The summed E-state index contributed by atoms with van der Waals surface area (Å²) in [4.78, 5) is 21.8. The average molecular weight is 184 g/mol. The molecule has 0 saturated heterocycles. The molecule has 0 aromatic rings. The molecular formula is C9H12O4. The number of ether oxygens (including phenoxy) is 2. The lowest BCUT2D eigenvalue weighted by Crippen LogP contribution is -2.16. The highest BCUT2D eigenvalue weighted by Gasteiger charge is 2.09. The van der Waals surface area contributed by atoms with Gasteiger partial charge in [-0.1, -0.05) is 0 Å². The fourth-order valence-corrected chi connectivity index (χ4v) is 1.02. The van der Waals surface area contributed by atoms with E-state index in [2.05, 4.69) is 0 Å². The minimum Gasteiger partial charge on any atom is -0.463 e. The summed E-state index contributed by atoms with van der Waals surface area (Å²) >= 11 is 0. The van der Waals surface area contributed by atoms with Crippen LogP contribution in [0.25, 0.3) is 0 Å². The molecule has 0 aromatic heterocycles. The normalized spacial score (nSPS) is 27.3. The van der Waals surface area contributed by atoms with E-state index in [1.54, 1.807) is 0 Å². The van der Waals surface area contributed by atoms with E-state index in [0.717, 1.165) is 12.2 Å². The Hall–Kier alpha value is -1.32. The summed E-state index contributed by atoms with van der Waals surface area (Å²) in [6.45, 7) is 2.19. The summed E-state index contributed by atoms with van der Waals surface area (Å²) in [5.74, 6) is -0.988. The quantitative estimate of drug-likeness (QED) is 0.523. The molecule has 1 heterocycles. The van der Waals surface area contributed by atoms with E-state index < -0.39 is 11.9 Å². The molecule has 0 fully saturated rings. The zero-order valence-corrected chi connectivity index (χ0v) is 7.49. The molecular weight excluding hydrogens is 172 g/mol. The number of esters is 2. The van der Waals surface area contributed by atoms with Crippen molar-refractivity contribution in [1.29, 1.82) is 0 Å². The first-order valence-electron chi connectivity index (χ1n) is 4.24. The van der Waals surface area contributed by atoms with Gasteiger partial charge in [-0.05, 0) is 19.8 Å². The fraction of sp³-hybridized carbons (Fsp3) is 0.556. The number of carbonyl (C=O) groups excluding carboxylic acids is 2. The van der Waals surface area contributed by atoms with Gasteiger partial charge in [0.1, 0.15) is 0 Å². The maximum absolute atomic E-state index is 10.9. The van der Waals surface area contributed by atoms with Gasteiger partial charge >= 0.3 is 11.9 Å². The fourth-order valence-electron chi connectivity index (χ4n) is 1.02. The van der Waals surface area contributed by atoms with Gasteiger partial charge in [0.05, 0.1) is 12.7 Å². The van der Waals surface area contributed by atoms with Crippen molar-refractivity contribution in [3.05, 3.63) is 12.2 Å². The van der Waals surface area contributed by atoms with Gasteiger partial charge in [-0.3, -0.25) is 0 Å². The smallest absolute Gasteiger partial charge is 0.331 e. The molecule has 4 nitrogen and oxygen atoms in total. The maximum atomic E-state index is 10.9. The van der Waals surface area contributed by atoms with Crippen molar-refractivity contribution >= 4 is 11.9 Å². The van der Waals surface area contributed by atoms with Gasteiger partial charge in [-0.2, -0.15) is 0 Å². The van der Waals surface area contributed by atoms with E-state index in [9.17, 15) is 9.59 Å². The summed E-state index contributed by atoms with van der Waals surface area (Å²) in [6.07, 6.45) is 3.49. The van der Waals surface area contributed by atoms with Crippen molar-refractivity contribution in [2.75, 3.05) is 6.61 Å². The zero-order valence-electron chi connectivity index (χ0n) is 7.49. The Morgan fingerprint density at radius 2 is 2.00 bits per heavy atom. The third-order valence-electron chi connectivity index (χ3n) is 1.67. The Bertz CT molecular complexity index is 232. The Morgan fingerprint density at radius 3 is 2.77 bits per heavy atom. The van der Waals surface area contributed by atoms with Crippen molar-refractivity contribution < 1.29 is 19.1 Å². The SMILES string of the molecule is CC1CCCOC(=O)/C=C/C(=O)O1. The zero-order chi connectivity index (χ0) is 9.68. The summed E-state index contributed by atoms with van der Waals surface area (Å²) in [5, 5.41) is 0. The molecule has 1 rings (SSSR count). The highest BCUT2D eigenvalue weighted by molar-refractivity contribution is 5.91. The largest absolute Gasteiger partial charge is 0.463 e. The van der Waals surface area contributed by atoms with Crippen LogP contribution in [0, 0.1) is 0 Å². The number of hydrogen-bond acceptors (Lipinski definition) is 4. The summed E-state index contributed by atoms with van der Waals surface area (Å²) in [6, 6.07) is 0. The first-order valence-corrected chi connectivity index (χ1v) is 4.24. The van der Waals surface area contributed by atoms with Crippen LogP contribution in [-0.2, 0) is 19.1 Å². The molecule has 0 bridgehead atoms. The lowest BCUT2D eigenvalue weighted by atomic mass is 10.2. The van der Waals surface area contributed by atoms with Gasteiger partial charge in [-0.25, -0.2) is 9.59 Å². The van der Waals surface area contributed by atoms with Crippen LogP contribution in [0.1, 0.15) is 19.8 Å². The van der Waals surface area contributed by atoms with E-state index in [0.29, 0.717) is 19.4 Å². The monoisotopic (exact) mass is 184 g/mol. The molecule has 0 N–H and O–H groups in total. The van der Waals surface area contributed by atoms with Crippen LogP contribution in [0.4, 0.5) is 0 Å². The molecule has 0 radical (unpaired) electrons. The lowest BCUT2D eigenvalue weighted by molar-refractivity contribution is -0.145. The van der Waals surface area contributed by atoms with Crippen molar-refractivity contribution in [3.63, 3.8) is 0 Å². The van der Waals surface area contributed by atoms with Gasteiger partial charge < -0.3 is 9.47 Å². The van der Waals surface area contributed by atoms with E-state index in [-0.39, 0.29) is 6.10 Å². The molecule has 1 unspecified atom stereocenters. The van der Waals surface area contributed by atoms with Gasteiger partial charge in [0.15, 0.2) is 0 Å². The predicted molar refractivity (Wildman–Crippen MR) is 44.9 cm³/mol. The molecule has 1 aliphatic heterocycles. The minimum absolute atomic E-state index is 0.117. The van der Waals surface area contributed by atoms with E-state index in [1.165, 1.54) is 0 Å². The molecule has 0 spiro atoms. The topological polar surface area (TPSA) is 52.6 Å². The van der Waals surface area contributed by atoms with Crippen molar-refractivity contribution in [2.45, 2.75) is 25.9 Å². The van der Waals surface area contributed by atoms with E-state index >= 15 is 0 Å². The Balaban J connectivity index is 2.57. The number of cyclic esters (lactones) is 2. The highest BCUT2D eigenvalue weighted by atomic mass is 16.5. The standard InChI is InChI=1S/C9H12O4/c1-7-3-2-6-12-8(10)4-5-9(11)13-7/h4-5,7H,2-3,6H2,1H3/b5-4+. The van der Waals surface area contributed by atoms with Crippen molar-refractivity contribution in [2.24, 2.45) is 0 Å². The predicted octanol–water partition coefficient (Wildman–Crippen LogP) is 0.811. The molecule has 1 aliphatic rings. The Kier molecular flexibility index (Phi) is 3.49. The van der Waals surface area contributed by atoms with Gasteiger partial charge in [0, 0.05) is 12.2 Å². The second kappa shape index (κ2) is 4.64.